The molecule has 0 aliphatic carbocycles. The number of carbonyl (C=O) groups is 1. The average Bonchev–Trinajstić information content (AvgIpc) is 3.20. The Balaban J connectivity index is 1.66. The Morgan fingerprint density at radius 1 is 1.29 bits per heavy atom. The molecule has 1 amide bonds. The Morgan fingerprint density at radius 2 is 2.03 bits per heavy atom. The number of aryl methyl sites for hydroxylation is 1. The average molecular weight is 428 g/mol. The fourth-order valence-electron chi connectivity index (χ4n) is 3.78. The van der Waals surface area contributed by atoms with Gasteiger partial charge in [0.25, 0.3) is 0 Å². The molecule has 2 aromatic rings. The van der Waals surface area contributed by atoms with Gasteiger partial charge in [-0.1, -0.05) is 19.1 Å². The summed E-state index contributed by atoms with van der Waals surface area (Å²) in [6.45, 7) is 9.76. The van der Waals surface area contributed by atoms with E-state index in [1.807, 2.05) is 44.3 Å². The van der Waals surface area contributed by atoms with Gasteiger partial charge in [0.05, 0.1) is 26.3 Å². The molecule has 2 heterocycles. The molecule has 2 atom stereocenters. The lowest BCUT2D eigenvalue weighted by Gasteiger charge is -2.23. The van der Waals surface area contributed by atoms with E-state index in [1.165, 1.54) is 6.92 Å². The molecular formula is C24H33N3O4. The number of benzene rings is 1. The SMILES string of the molecule is CCCOc1c(C)cnc(N2CCC(Oc3ccc(C(C)NC(C)=O)cc3)C2)c1OC. The molecule has 168 valence electrons. The van der Waals surface area contributed by atoms with Crippen LogP contribution >= 0.6 is 0 Å². The molecule has 3 rings (SSSR count). The fraction of sp³-hybridized carbons (Fsp3) is 0.500. The molecule has 31 heavy (non-hydrogen) atoms. The quantitative estimate of drug-likeness (QED) is 0.651. The summed E-state index contributed by atoms with van der Waals surface area (Å²) >= 11 is 0. The van der Waals surface area contributed by atoms with Crippen molar-refractivity contribution in [1.29, 1.82) is 0 Å². The largest absolute Gasteiger partial charge is 0.490 e. The van der Waals surface area contributed by atoms with Gasteiger partial charge in [-0.15, -0.1) is 0 Å². The lowest BCUT2D eigenvalue weighted by atomic mass is 10.1. The molecule has 0 bridgehead atoms. The van der Waals surface area contributed by atoms with Crippen molar-refractivity contribution in [3.63, 3.8) is 0 Å². The number of rotatable bonds is 9. The number of pyridine rings is 1. The standard InChI is InChI=1S/C24H33N3O4/c1-6-13-30-22-16(2)14-25-24(23(22)29-5)27-12-11-21(15-27)31-20-9-7-19(8-10-20)17(3)26-18(4)28/h7-10,14,17,21H,6,11-13,15H2,1-5H3,(H,26,28). The van der Waals surface area contributed by atoms with E-state index < -0.39 is 0 Å². The van der Waals surface area contributed by atoms with Crippen LogP contribution < -0.4 is 24.4 Å². The highest BCUT2D eigenvalue weighted by molar-refractivity contribution is 5.73. The molecule has 1 fully saturated rings. The number of amides is 1. The maximum Gasteiger partial charge on any atom is 0.217 e. The summed E-state index contributed by atoms with van der Waals surface area (Å²) in [4.78, 5) is 18.1. The Labute approximate surface area is 184 Å². The van der Waals surface area contributed by atoms with Crippen molar-refractivity contribution in [1.82, 2.24) is 10.3 Å². The second-order valence-electron chi connectivity index (χ2n) is 7.94. The minimum atomic E-state index is -0.0396. The van der Waals surface area contributed by atoms with E-state index in [4.69, 9.17) is 14.2 Å². The third kappa shape index (κ3) is 5.60. The number of ether oxygens (including phenoxy) is 3. The molecule has 1 aliphatic rings. The first-order chi connectivity index (χ1) is 14.9. The molecule has 2 unspecified atom stereocenters. The van der Waals surface area contributed by atoms with Crippen molar-refractivity contribution in [3.8, 4) is 17.2 Å². The van der Waals surface area contributed by atoms with Crippen LogP contribution in [0.1, 0.15) is 50.8 Å². The van der Waals surface area contributed by atoms with Crippen LogP contribution in [-0.2, 0) is 4.79 Å². The minimum Gasteiger partial charge on any atom is -0.490 e. The summed E-state index contributed by atoms with van der Waals surface area (Å²) in [5.74, 6) is 3.03. The zero-order chi connectivity index (χ0) is 22.4. The number of carbonyl (C=O) groups excluding carboxylic acids is 1. The summed E-state index contributed by atoms with van der Waals surface area (Å²) < 4.78 is 17.8. The van der Waals surface area contributed by atoms with Crippen LogP contribution in [-0.4, -0.2) is 43.8 Å². The number of hydrogen-bond acceptors (Lipinski definition) is 6. The summed E-state index contributed by atoms with van der Waals surface area (Å²) in [7, 11) is 1.66. The van der Waals surface area contributed by atoms with Crippen molar-refractivity contribution in [3.05, 3.63) is 41.6 Å². The molecule has 1 aromatic carbocycles. The third-order valence-corrected chi connectivity index (χ3v) is 5.35. The van der Waals surface area contributed by atoms with Crippen LogP contribution in [0.25, 0.3) is 0 Å². The second-order valence-corrected chi connectivity index (χ2v) is 7.94. The summed E-state index contributed by atoms with van der Waals surface area (Å²) in [6.07, 6.45) is 3.73. The highest BCUT2D eigenvalue weighted by Crippen LogP contribution is 2.39. The number of anilines is 1. The van der Waals surface area contributed by atoms with Crippen LogP contribution in [0.5, 0.6) is 17.2 Å². The van der Waals surface area contributed by atoms with E-state index in [0.717, 1.165) is 54.4 Å². The smallest absolute Gasteiger partial charge is 0.217 e. The van der Waals surface area contributed by atoms with Crippen LogP contribution in [0.2, 0.25) is 0 Å². The van der Waals surface area contributed by atoms with E-state index in [2.05, 4.69) is 22.1 Å². The van der Waals surface area contributed by atoms with E-state index in [0.29, 0.717) is 12.4 Å². The number of aromatic nitrogens is 1. The molecule has 0 saturated carbocycles. The van der Waals surface area contributed by atoms with Crippen LogP contribution in [0, 0.1) is 6.92 Å². The van der Waals surface area contributed by atoms with E-state index in [-0.39, 0.29) is 18.1 Å². The van der Waals surface area contributed by atoms with Crippen molar-refractivity contribution in [2.24, 2.45) is 0 Å². The predicted octanol–water partition coefficient (Wildman–Crippen LogP) is 4.04. The lowest BCUT2D eigenvalue weighted by Crippen LogP contribution is -2.26. The first-order valence-electron chi connectivity index (χ1n) is 10.9. The normalized spacial score (nSPS) is 16.7. The van der Waals surface area contributed by atoms with Crippen LogP contribution in [0.4, 0.5) is 5.82 Å². The third-order valence-electron chi connectivity index (χ3n) is 5.35. The fourth-order valence-corrected chi connectivity index (χ4v) is 3.78. The molecule has 0 spiro atoms. The topological polar surface area (TPSA) is 72.9 Å². The predicted molar refractivity (Wildman–Crippen MR) is 121 cm³/mol. The highest BCUT2D eigenvalue weighted by Gasteiger charge is 2.29. The van der Waals surface area contributed by atoms with E-state index in [9.17, 15) is 4.79 Å². The van der Waals surface area contributed by atoms with Crippen LogP contribution in [0.3, 0.4) is 0 Å². The number of nitrogens with one attached hydrogen (secondary N) is 1. The maximum absolute atomic E-state index is 11.2. The summed E-state index contributed by atoms with van der Waals surface area (Å²) in [6, 6.07) is 7.86. The molecule has 0 radical (unpaired) electrons. The molecule has 1 aromatic heterocycles. The zero-order valence-electron chi connectivity index (χ0n) is 19.1. The van der Waals surface area contributed by atoms with Gasteiger partial charge in [0.1, 0.15) is 11.9 Å². The van der Waals surface area contributed by atoms with Crippen molar-refractivity contribution in [2.45, 2.75) is 52.7 Å². The number of hydrogen-bond donors (Lipinski definition) is 1. The molecule has 7 nitrogen and oxygen atoms in total. The number of methoxy groups -OCH3 is 1. The number of nitrogens with zero attached hydrogens (tertiary/aromatic N) is 2. The molecule has 1 aliphatic heterocycles. The van der Waals surface area contributed by atoms with Gasteiger partial charge in [0.2, 0.25) is 11.7 Å². The van der Waals surface area contributed by atoms with Gasteiger partial charge in [-0.2, -0.15) is 0 Å². The van der Waals surface area contributed by atoms with Gasteiger partial charge in [-0.3, -0.25) is 4.79 Å². The van der Waals surface area contributed by atoms with Crippen molar-refractivity contribution < 1.29 is 19.0 Å². The van der Waals surface area contributed by atoms with E-state index in [1.54, 1.807) is 7.11 Å². The van der Waals surface area contributed by atoms with E-state index >= 15 is 0 Å². The van der Waals surface area contributed by atoms with Crippen molar-refractivity contribution in [2.75, 3.05) is 31.7 Å². The Kier molecular flexibility index (Phi) is 7.60. The summed E-state index contributed by atoms with van der Waals surface area (Å²) in [5.41, 5.74) is 2.01. The van der Waals surface area contributed by atoms with Gasteiger partial charge < -0.3 is 24.4 Å². The van der Waals surface area contributed by atoms with Crippen LogP contribution in [0.15, 0.2) is 30.5 Å². The first-order valence-corrected chi connectivity index (χ1v) is 10.9. The minimum absolute atomic E-state index is 0.0299. The Bertz CT molecular complexity index is 885. The van der Waals surface area contributed by atoms with Gasteiger partial charge in [0, 0.05) is 31.6 Å². The summed E-state index contributed by atoms with van der Waals surface area (Å²) in [5, 5.41) is 2.89. The van der Waals surface area contributed by atoms with Gasteiger partial charge >= 0.3 is 0 Å². The molecule has 7 heteroatoms. The highest BCUT2D eigenvalue weighted by atomic mass is 16.5. The Hall–Kier alpha value is -2.96. The monoisotopic (exact) mass is 427 g/mol. The maximum atomic E-state index is 11.2. The Morgan fingerprint density at radius 3 is 2.68 bits per heavy atom. The van der Waals surface area contributed by atoms with Gasteiger partial charge in [0.15, 0.2) is 11.6 Å². The molecule has 1 N–H and O–H groups in total. The van der Waals surface area contributed by atoms with Gasteiger partial charge in [-0.25, -0.2) is 4.98 Å². The lowest BCUT2D eigenvalue weighted by molar-refractivity contribution is -0.119. The molecular weight excluding hydrogens is 394 g/mol. The van der Waals surface area contributed by atoms with Gasteiger partial charge in [-0.05, 0) is 38.0 Å². The van der Waals surface area contributed by atoms with Crippen molar-refractivity contribution >= 4 is 11.7 Å². The molecule has 1 saturated heterocycles. The first kappa shape index (κ1) is 22.7. The zero-order valence-corrected chi connectivity index (χ0v) is 19.1. The second kappa shape index (κ2) is 10.4.